The predicted octanol–water partition coefficient (Wildman–Crippen LogP) is -1.76. The van der Waals surface area contributed by atoms with E-state index in [0.29, 0.717) is 65.2 Å². The molecule has 4 aliphatic heterocycles. The Morgan fingerprint density at radius 1 is 0.805 bits per heavy atom. The van der Waals surface area contributed by atoms with Crippen molar-refractivity contribution in [2.24, 2.45) is 17.6 Å². The first-order chi connectivity index (χ1) is 36.7. The molecule has 12 N–H and O–H groups in total. The molecule has 2 fully saturated rings. The molecule has 2 aromatic rings. The van der Waals surface area contributed by atoms with E-state index in [2.05, 4.69) is 52.8 Å². The van der Waals surface area contributed by atoms with Crippen LogP contribution in [-0.4, -0.2) is 178 Å². The minimum Gasteiger partial charge on any atom is -0.370 e. The van der Waals surface area contributed by atoms with Crippen LogP contribution in [0.3, 0.4) is 0 Å². The highest BCUT2D eigenvalue weighted by molar-refractivity contribution is 8.00. The highest BCUT2D eigenvalue weighted by Gasteiger charge is 2.42. The molecule has 0 spiro atoms. The highest BCUT2D eigenvalue weighted by atomic mass is 32.2. The minimum absolute atomic E-state index is 0.0591. The fourth-order valence-corrected chi connectivity index (χ4v) is 11.7. The van der Waals surface area contributed by atoms with Gasteiger partial charge in [-0.1, -0.05) is 40.5 Å². The monoisotopic (exact) mass is 1110 g/mol. The van der Waals surface area contributed by atoms with Gasteiger partial charge in [0.15, 0.2) is 0 Å². The zero-order chi connectivity index (χ0) is 56.1. The van der Waals surface area contributed by atoms with Gasteiger partial charge in [-0.05, 0) is 67.7 Å². The van der Waals surface area contributed by atoms with Crippen molar-refractivity contribution in [2.45, 2.75) is 132 Å². The van der Waals surface area contributed by atoms with Crippen molar-refractivity contribution < 1.29 is 57.5 Å². The molecule has 27 heteroatoms. The Labute approximate surface area is 454 Å². The molecule has 0 radical (unpaired) electrons. The third-order valence-corrected chi connectivity index (χ3v) is 16.6. The zero-order valence-corrected chi connectivity index (χ0v) is 45.6. The summed E-state index contributed by atoms with van der Waals surface area (Å²) in [6, 6.07) is -3.14. The number of aromatic nitrogens is 1. The summed E-state index contributed by atoms with van der Waals surface area (Å²) in [5.74, 6) is -8.93. The summed E-state index contributed by atoms with van der Waals surface area (Å²) >= 11 is 2.34. The van der Waals surface area contributed by atoms with Gasteiger partial charge in [0.1, 0.15) is 36.3 Å². The minimum atomic E-state index is -1.59. The fraction of sp³-hybridized carbons (Fsp3) is 0.600. The topological polar surface area (TPSA) is 361 Å². The number of primary amides is 1. The molecule has 0 aliphatic carbocycles. The van der Waals surface area contributed by atoms with Gasteiger partial charge in [0.2, 0.25) is 70.9 Å². The van der Waals surface area contributed by atoms with Gasteiger partial charge < -0.3 is 63.5 Å². The molecule has 2 saturated heterocycles. The van der Waals surface area contributed by atoms with Crippen molar-refractivity contribution in [2.75, 3.05) is 56.6 Å². The Balaban J connectivity index is 1.40. The molecule has 1 aromatic heterocycles. The average Bonchev–Trinajstić information content (AvgIpc) is 4.10. The lowest BCUT2D eigenvalue weighted by atomic mass is 9.96. The summed E-state index contributed by atoms with van der Waals surface area (Å²) in [5.41, 5.74) is 6.84. The summed E-state index contributed by atoms with van der Waals surface area (Å²) in [6.45, 7) is 6.54. The van der Waals surface area contributed by atoms with Crippen LogP contribution in [0.1, 0.15) is 84.6 Å². The first-order valence-corrected chi connectivity index (χ1v) is 28.1. The number of H-pyrrole nitrogens is 1. The molecule has 77 heavy (non-hydrogen) atoms. The van der Waals surface area contributed by atoms with Crippen LogP contribution < -0.4 is 53.6 Å². The number of rotatable bonds is 15. The van der Waals surface area contributed by atoms with Crippen LogP contribution in [-0.2, 0) is 64.0 Å². The largest absolute Gasteiger partial charge is 0.370 e. The number of aromatic amines is 1. The zero-order valence-electron chi connectivity index (χ0n) is 43.9. The average molecular weight is 1110 g/mol. The maximum Gasteiger partial charge on any atom is 0.246 e. The van der Waals surface area contributed by atoms with E-state index in [1.54, 1.807) is 52.9 Å². The van der Waals surface area contributed by atoms with Crippen molar-refractivity contribution in [1.29, 1.82) is 0 Å². The molecule has 2 unspecified atom stereocenters. The van der Waals surface area contributed by atoms with E-state index >= 15 is 0 Å². The maximum atomic E-state index is 14.7. The molecule has 2 bridgehead atoms. The number of likely N-dealkylation sites (tertiary alicyclic amines) is 1. The van der Waals surface area contributed by atoms with Crippen LogP contribution in [0.25, 0.3) is 10.9 Å². The molecule has 1 aromatic carbocycles. The van der Waals surface area contributed by atoms with Crippen LogP contribution in [0.15, 0.2) is 23.2 Å². The van der Waals surface area contributed by atoms with E-state index in [4.69, 9.17) is 5.73 Å². The second-order valence-electron chi connectivity index (χ2n) is 19.8. The van der Waals surface area contributed by atoms with Crippen molar-refractivity contribution in [3.8, 4) is 0 Å². The van der Waals surface area contributed by atoms with E-state index in [1.165, 1.54) is 21.6 Å². The van der Waals surface area contributed by atoms with E-state index in [-0.39, 0.29) is 62.2 Å². The second-order valence-corrected chi connectivity index (χ2v) is 22.1. The van der Waals surface area contributed by atoms with Gasteiger partial charge in [0.25, 0.3) is 0 Å². The first kappa shape index (κ1) is 59.5. The molecule has 12 amide bonds. The van der Waals surface area contributed by atoms with E-state index < -0.39 is 126 Å². The molecule has 420 valence electrons. The van der Waals surface area contributed by atoms with Crippen LogP contribution in [0, 0.1) is 11.8 Å². The quantitative estimate of drug-likeness (QED) is 0.0696. The number of thioether (sulfide) groups is 2. The predicted molar refractivity (Wildman–Crippen MR) is 285 cm³/mol. The van der Waals surface area contributed by atoms with Gasteiger partial charge >= 0.3 is 0 Å². The van der Waals surface area contributed by atoms with Crippen molar-refractivity contribution in [3.63, 3.8) is 0 Å². The summed E-state index contributed by atoms with van der Waals surface area (Å²) in [5, 5.41) is 24.6. The van der Waals surface area contributed by atoms with E-state index in [9.17, 15) is 57.5 Å². The van der Waals surface area contributed by atoms with Crippen LogP contribution in [0.4, 0.5) is 5.69 Å². The number of amides is 12. The Bertz CT molecular complexity index is 2620. The van der Waals surface area contributed by atoms with Crippen LogP contribution in [0.5, 0.6) is 0 Å². The molecule has 25 nitrogen and oxygen atoms in total. The van der Waals surface area contributed by atoms with Gasteiger partial charge in [-0.2, -0.15) is 0 Å². The Kier molecular flexibility index (Phi) is 21.3. The van der Waals surface area contributed by atoms with Crippen molar-refractivity contribution in [1.82, 2.24) is 57.3 Å². The molecule has 4 aliphatic rings. The number of benzene rings is 1. The SMILES string of the molecule is CCC(C)[C@@H]1NC(=O)[C@@H]2CCCN2C(=O)[C@H](CC(N)=O)NC(=O)[C@@H]2CSc3[nH]c4ccc(NC(=O)CCCSC5CC(=O)N(CCNC)C5=O)cc4c3C[C@H](NC1=O)C(=O)NCC(=O)N[C@@H]([C@@H](C)CC)C(=O)NCC(=O)N2. The lowest BCUT2D eigenvalue weighted by Crippen LogP contribution is -2.61. The third-order valence-electron chi connectivity index (χ3n) is 14.2. The number of hydrogen-bond acceptors (Lipinski definition) is 15. The van der Waals surface area contributed by atoms with Crippen molar-refractivity contribution >= 4 is 111 Å². The number of likely N-dealkylation sites (N-methyl/N-ethyl adjacent to an activating group) is 1. The molecular weight excluding hydrogens is 1040 g/mol. The number of nitrogens with two attached hydrogens (primary N) is 1. The molecule has 9 atom stereocenters. The molecule has 0 saturated carbocycles. The molecule has 5 heterocycles. The standard InChI is InChI=1S/C50H71N13O12S2/c1-6-25(3)41-46(72)54-22-38(66)56-33-24-77-48-29(28-18-27(12-13-30(28)59-48)55-37(65)11-9-17-76-35-21-40(68)63(50(35)75)16-14-52-5)19-31(43(69)53-23-39(67)60-41)57-47(73)42(26(4)7-2)61-45(71)34-10-8-15-62(34)49(74)32(20-36(51)64)58-44(33)70/h12-13,18,25-26,31-35,41-42,52,59H,6-11,14-17,19-24H2,1-5H3,(H2,51,64)(H,53,69)(H,54,72)(H,55,65)(H,56,66)(H,57,73)(H,58,70)(H,60,67)(H,61,71)/t25-,26?,31-,32-,33-,34-,35?,41-,42-/m0/s1. The number of nitrogens with zero attached hydrogens (tertiary/aromatic N) is 2. The number of carbonyl (C=O) groups is 12. The maximum absolute atomic E-state index is 14.7. The summed E-state index contributed by atoms with van der Waals surface area (Å²) in [6.07, 6.45) is 0.930. The number of imide groups is 1. The number of anilines is 1. The number of fused-ring (bicyclic) bond motifs is 5. The highest BCUT2D eigenvalue weighted by Crippen LogP contribution is 2.34. The summed E-state index contributed by atoms with van der Waals surface area (Å²) in [4.78, 5) is 170. The Morgan fingerprint density at radius 2 is 1.49 bits per heavy atom. The second kappa shape index (κ2) is 27.5. The Hall–Kier alpha value is -6.74. The fourth-order valence-electron chi connectivity index (χ4n) is 9.44. The normalized spacial score (nSPS) is 25.3. The first-order valence-electron chi connectivity index (χ1n) is 26.0. The summed E-state index contributed by atoms with van der Waals surface area (Å²) in [7, 11) is 1.73. The Morgan fingerprint density at radius 3 is 2.18 bits per heavy atom. The lowest BCUT2D eigenvalue weighted by Gasteiger charge is -2.32. The van der Waals surface area contributed by atoms with Gasteiger partial charge in [-0.15, -0.1) is 23.5 Å². The number of carbonyl (C=O) groups excluding carboxylic acids is 12. The van der Waals surface area contributed by atoms with Gasteiger partial charge in [0.05, 0.1) is 29.8 Å². The summed E-state index contributed by atoms with van der Waals surface area (Å²) < 4.78 is 0. The van der Waals surface area contributed by atoms with E-state index in [1.807, 2.05) is 0 Å². The van der Waals surface area contributed by atoms with Crippen molar-refractivity contribution in [3.05, 3.63) is 23.8 Å². The number of hydrogen-bond donors (Lipinski definition) is 11. The van der Waals surface area contributed by atoms with E-state index in [0.717, 1.165) is 11.8 Å². The van der Waals surface area contributed by atoms with Gasteiger partial charge in [0, 0.05) is 61.2 Å². The lowest BCUT2D eigenvalue weighted by molar-refractivity contribution is -0.143. The van der Waals surface area contributed by atoms with Crippen LogP contribution in [0.2, 0.25) is 0 Å². The van der Waals surface area contributed by atoms with Gasteiger partial charge in [-0.3, -0.25) is 62.4 Å². The van der Waals surface area contributed by atoms with Crippen LogP contribution >= 0.6 is 23.5 Å². The third kappa shape index (κ3) is 15.5. The smallest absolute Gasteiger partial charge is 0.246 e. The number of nitrogens with one attached hydrogen (secondary N) is 10. The molecule has 6 rings (SSSR count). The molecular formula is C50H71N13O12S2. The van der Waals surface area contributed by atoms with Gasteiger partial charge in [-0.25, -0.2) is 0 Å².